The van der Waals surface area contributed by atoms with E-state index in [1.165, 1.54) is 16.7 Å². The van der Waals surface area contributed by atoms with E-state index < -0.39 is 23.5 Å². The van der Waals surface area contributed by atoms with Crippen LogP contribution in [0.3, 0.4) is 0 Å². The predicted octanol–water partition coefficient (Wildman–Crippen LogP) is 7.76. The van der Waals surface area contributed by atoms with Gasteiger partial charge >= 0.3 is 12.4 Å². The Bertz CT molecular complexity index is 1950. The van der Waals surface area contributed by atoms with Gasteiger partial charge in [0.2, 0.25) is 0 Å². The lowest BCUT2D eigenvalue weighted by molar-refractivity contribution is -0.138. The molecular formula is C30H21F6N7. The van der Waals surface area contributed by atoms with Crippen molar-refractivity contribution in [1.29, 1.82) is 0 Å². The second-order valence-electron chi connectivity index (χ2n) is 10.0. The van der Waals surface area contributed by atoms with Crippen LogP contribution < -0.4 is 0 Å². The Labute approximate surface area is 240 Å². The summed E-state index contributed by atoms with van der Waals surface area (Å²) >= 11 is 0. The summed E-state index contributed by atoms with van der Waals surface area (Å²) in [6, 6.07) is 11.1. The number of nitrogens with zero attached hydrogens (tertiary/aromatic N) is 7. The maximum absolute atomic E-state index is 13.9. The summed E-state index contributed by atoms with van der Waals surface area (Å²) < 4.78 is 84.5. The zero-order chi connectivity index (χ0) is 30.8. The van der Waals surface area contributed by atoms with E-state index in [1.807, 2.05) is 0 Å². The third kappa shape index (κ3) is 5.15. The van der Waals surface area contributed by atoms with Gasteiger partial charge in [-0.15, -0.1) is 0 Å². The SMILES string of the molecule is Cc1nc(C)nc(-c2ccc(-n3c4cc(C(F)(F)F)ccc4c4ccc(C(F)(F)F)cc43)c(-c3nc(C)nc(C)n3)c2)n1. The zero-order valence-electron chi connectivity index (χ0n) is 23.1. The smallest absolute Gasteiger partial charge is 0.308 e. The van der Waals surface area contributed by atoms with Gasteiger partial charge in [0.05, 0.1) is 27.8 Å². The van der Waals surface area contributed by atoms with Crippen LogP contribution in [0.25, 0.3) is 50.3 Å². The number of alkyl halides is 6. The van der Waals surface area contributed by atoms with Crippen molar-refractivity contribution < 1.29 is 26.3 Å². The van der Waals surface area contributed by atoms with Gasteiger partial charge in [-0.05, 0) is 70.2 Å². The molecule has 3 aromatic heterocycles. The normalized spacial score (nSPS) is 12.4. The summed E-state index contributed by atoms with van der Waals surface area (Å²) in [6.45, 7) is 6.74. The van der Waals surface area contributed by atoms with Gasteiger partial charge in [0.1, 0.15) is 23.3 Å². The molecule has 0 atom stereocenters. The number of hydrogen-bond acceptors (Lipinski definition) is 6. The molecule has 0 aliphatic heterocycles. The molecule has 0 amide bonds. The third-order valence-electron chi connectivity index (χ3n) is 6.88. The Kier molecular flexibility index (Phi) is 6.44. The van der Waals surface area contributed by atoms with E-state index >= 15 is 0 Å². The molecule has 0 saturated carbocycles. The molecule has 0 unspecified atom stereocenters. The number of rotatable bonds is 3. The minimum Gasteiger partial charge on any atom is -0.308 e. The molecule has 7 nitrogen and oxygen atoms in total. The molecule has 0 bridgehead atoms. The van der Waals surface area contributed by atoms with Crippen LogP contribution in [-0.4, -0.2) is 34.5 Å². The Morgan fingerprint density at radius 3 is 1.40 bits per heavy atom. The molecule has 13 heteroatoms. The Balaban J connectivity index is 1.75. The van der Waals surface area contributed by atoms with Crippen LogP contribution in [0.1, 0.15) is 34.4 Å². The van der Waals surface area contributed by atoms with Gasteiger partial charge in [-0.25, -0.2) is 29.9 Å². The first-order chi connectivity index (χ1) is 20.2. The van der Waals surface area contributed by atoms with E-state index in [0.717, 1.165) is 24.3 Å². The van der Waals surface area contributed by atoms with Crippen molar-refractivity contribution in [3.05, 3.63) is 89.0 Å². The van der Waals surface area contributed by atoms with Gasteiger partial charge < -0.3 is 4.57 Å². The first-order valence-corrected chi connectivity index (χ1v) is 13.0. The quantitative estimate of drug-likeness (QED) is 0.195. The van der Waals surface area contributed by atoms with Crippen LogP contribution in [0.2, 0.25) is 0 Å². The van der Waals surface area contributed by atoms with Crippen LogP contribution in [0.5, 0.6) is 0 Å². The minimum atomic E-state index is -4.68. The second-order valence-corrected chi connectivity index (χ2v) is 10.0. The van der Waals surface area contributed by atoms with Crippen molar-refractivity contribution >= 4 is 21.8 Å². The molecule has 6 aromatic rings. The third-order valence-corrected chi connectivity index (χ3v) is 6.88. The molecule has 3 heterocycles. The van der Waals surface area contributed by atoms with Crippen LogP contribution in [0, 0.1) is 27.7 Å². The highest BCUT2D eigenvalue weighted by Crippen LogP contribution is 2.41. The molecule has 6 rings (SSSR count). The summed E-state index contributed by atoms with van der Waals surface area (Å²) in [5.41, 5.74) is -0.649. The molecule has 0 N–H and O–H groups in total. The summed E-state index contributed by atoms with van der Waals surface area (Å²) in [5.74, 6) is 2.22. The highest BCUT2D eigenvalue weighted by molar-refractivity contribution is 6.10. The van der Waals surface area contributed by atoms with E-state index in [-0.39, 0.29) is 22.5 Å². The molecule has 43 heavy (non-hydrogen) atoms. The molecule has 218 valence electrons. The first kappa shape index (κ1) is 28.2. The predicted molar refractivity (Wildman–Crippen MR) is 147 cm³/mol. The number of aromatic nitrogens is 7. The molecule has 0 aliphatic rings. The lowest BCUT2D eigenvalue weighted by atomic mass is 10.1. The molecule has 0 saturated heterocycles. The van der Waals surface area contributed by atoms with E-state index in [1.54, 1.807) is 45.9 Å². The van der Waals surface area contributed by atoms with Gasteiger partial charge in [-0.1, -0.05) is 12.1 Å². The van der Waals surface area contributed by atoms with Crippen LogP contribution in [-0.2, 0) is 12.4 Å². The van der Waals surface area contributed by atoms with E-state index in [0.29, 0.717) is 51.0 Å². The number of benzene rings is 3. The molecule has 3 aromatic carbocycles. The lowest BCUT2D eigenvalue weighted by Crippen LogP contribution is -2.07. The monoisotopic (exact) mass is 593 g/mol. The number of halogens is 6. The number of aryl methyl sites for hydroxylation is 4. The minimum absolute atomic E-state index is 0.0625. The summed E-state index contributed by atoms with van der Waals surface area (Å²) in [5, 5.41) is 0.692. The van der Waals surface area contributed by atoms with E-state index in [9.17, 15) is 26.3 Å². The molecule has 0 radical (unpaired) electrons. The zero-order valence-corrected chi connectivity index (χ0v) is 23.1. The van der Waals surface area contributed by atoms with Crippen LogP contribution >= 0.6 is 0 Å². The van der Waals surface area contributed by atoms with Gasteiger partial charge in [-0.2, -0.15) is 26.3 Å². The largest absolute Gasteiger partial charge is 0.416 e. The Morgan fingerprint density at radius 2 is 0.953 bits per heavy atom. The van der Waals surface area contributed by atoms with Gasteiger partial charge in [0.15, 0.2) is 11.6 Å². The van der Waals surface area contributed by atoms with Gasteiger partial charge in [0, 0.05) is 21.9 Å². The fourth-order valence-corrected chi connectivity index (χ4v) is 5.16. The topological polar surface area (TPSA) is 82.3 Å². The van der Waals surface area contributed by atoms with Crippen molar-refractivity contribution in [2.24, 2.45) is 0 Å². The van der Waals surface area contributed by atoms with Crippen molar-refractivity contribution in [2.75, 3.05) is 0 Å². The van der Waals surface area contributed by atoms with Gasteiger partial charge in [0.25, 0.3) is 0 Å². The highest BCUT2D eigenvalue weighted by Gasteiger charge is 2.33. The molecule has 0 aliphatic carbocycles. The highest BCUT2D eigenvalue weighted by atomic mass is 19.4. The fraction of sp³-hybridized carbons (Fsp3) is 0.200. The second kappa shape index (κ2) is 9.82. The van der Waals surface area contributed by atoms with Crippen molar-refractivity contribution in [3.63, 3.8) is 0 Å². The maximum Gasteiger partial charge on any atom is 0.416 e. The van der Waals surface area contributed by atoms with Crippen molar-refractivity contribution in [2.45, 2.75) is 40.0 Å². The van der Waals surface area contributed by atoms with Crippen molar-refractivity contribution in [1.82, 2.24) is 34.5 Å². The number of hydrogen-bond donors (Lipinski definition) is 0. The Hall–Kier alpha value is -4.94. The van der Waals surface area contributed by atoms with Crippen molar-refractivity contribution in [3.8, 4) is 28.5 Å². The van der Waals surface area contributed by atoms with E-state index in [2.05, 4.69) is 29.9 Å². The summed E-state index contributed by atoms with van der Waals surface area (Å²) in [6.07, 6.45) is -9.37. The fourth-order valence-electron chi connectivity index (χ4n) is 5.16. The molecule has 0 fully saturated rings. The average Bonchev–Trinajstić information content (AvgIpc) is 3.23. The summed E-state index contributed by atoms with van der Waals surface area (Å²) in [7, 11) is 0. The molecular weight excluding hydrogens is 572 g/mol. The summed E-state index contributed by atoms with van der Waals surface area (Å²) in [4.78, 5) is 26.2. The van der Waals surface area contributed by atoms with Gasteiger partial charge in [-0.3, -0.25) is 0 Å². The van der Waals surface area contributed by atoms with Crippen LogP contribution in [0.4, 0.5) is 26.3 Å². The molecule has 0 spiro atoms. The first-order valence-electron chi connectivity index (χ1n) is 13.0. The van der Waals surface area contributed by atoms with Crippen LogP contribution in [0.15, 0.2) is 54.6 Å². The average molecular weight is 594 g/mol. The lowest BCUT2D eigenvalue weighted by Gasteiger charge is -2.16. The Morgan fingerprint density at radius 1 is 0.512 bits per heavy atom. The maximum atomic E-state index is 13.9. The van der Waals surface area contributed by atoms with E-state index in [4.69, 9.17) is 0 Å². The number of fused-ring (bicyclic) bond motifs is 3. The standard InChI is InChI=1S/C30H21F6N7/c1-14-37-15(2)40-27(39-14)18-5-10-24(23(11-18)28-41-16(3)38-17(4)42-28)43-25-12-19(29(31,32)33)6-8-21(25)22-9-7-20(13-26(22)43)30(34,35)36/h5-13H,1-4H3.